The molecule has 32 heavy (non-hydrogen) atoms. The smallest absolute Gasteiger partial charge is 0.337 e. The van der Waals surface area contributed by atoms with Gasteiger partial charge in [0.1, 0.15) is 5.75 Å². The summed E-state index contributed by atoms with van der Waals surface area (Å²) in [6.07, 6.45) is 1.62. The number of hydrogen-bond donors (Lipinski definition) is 0. The van der Waals surface area contributed by atoms with Gasteiger partial charge in [0.25, 0.3) is 5.56 Å². The Kier molecular flexibility index (Phi) is 5.50. The number of imidazole rings is 1. The van der Waals surface area contributed by atoms with Crippen LogP contribution in [0.25, 0.3) is 16.9 Å². The molecule has 7 nitrogen and oxygen atoms in total. The molecule has 0 spiro atoms. The lowest BCUT2D eigenvalue weighted by atomic mass is 9.87. The van der Waals surface area contributed by atoms with Crippen LogP contribution in [0.2, 0.25) is 0 Å². The first-order valence-corrected chi connectivity index (χ1v) is 10.7. The van der Waals surface area contributed by atoms with Crippen molar-refractivity contribution in [3.05, 3.63) is 86.8 Å². The van der Waals surface area contributed by atoms with Crippen molar-refractivity contribution in [2.24, 2.45) is 0 Å². The van der Waals surface area contributed by atoms with Crippen LogP contribution in [0.15, 0.2) is 64.4 Å². The zero-order chi connectivity index (χ0) is 23.0. The van der Waals surface area contributed by atoms with Crippen molar-refractivity contribution < 1.29 is 4.74 Å². The average Bonchev–Trinajstić information content (AvgIpc) is 3.17. The van der Waals surface area contributed by atoms with E-state index in [0.29, 0.717) is 29.1 Å². The van der Waals surface area contributed by atoms with Gasteiger partial charge < -0.3 is 9.30 Å². The lowest BCUT2D eigenvalue weighted by Crippen LogP contribution is -2.39. The maximum Gasteiger partial charge on any atom is 0.337 e. The number of hydrogen-bond acceptors (Lipinski definition) is 4. The van der Waals surface area contributed by atoms with Crippen LogP contribution in [0.1, 0.15) is 38.8 Å². The van der Waals surface area contributed by atoms with Crippen molar-refractivity contribution in [3.8, 4) is 11.4 Å². The van der Waals surface area contributed by atoms with Gasteiger partial charge in [0.05, 0.1) is 19.1 Å². The Hall–Kier alpha value is -3.61. The van der Waals surface area contributed by atoms with Gasteiger partial charge in [-0.2, -0.15) is 0 Å². The number of benzene rings is 2. The van der Waals surface area contributed by atoms with Crippen molar-refractivity contribution in [1.82, 2.24) is 18.7 Å². The molecular weight excluding hydrogens is 404 g/mol. The molecule has 2 aromatic heterocycles. The molecule has 166 valence electrons. The van der Waals surface area contributed by atoms with Gasteiger partial charge in [0, 0.05) is 19.2 Å². The van der Waals surface area contributed by atoms with E-state index in [9.17, 15) is 9.59 Å². The summed E-state index contributed by atoms with van der Waals surface area (Å²) in [6.45, 7) is 9.07. The van der Waals surface area contributed by atoms with Crippen LogP contribution in [0.4, 0.5) is 0 Å². The molecule has 0 aliphatic heterocycles. The van der Waals surface area contributed by atoms with Crippen LogP contribution in [0, 0.1) is 0 Å². The predicted molar refractivity (Wildman–Crippen MR) is 126 cm³/mol. The molecule has 0 bridgehead atoms. The Labute approximate surface area is 186 Å². The fraction of sp³-hybridized carbons (Fsp3) is 0.320. The van der Waals surface area contributed by atoms with Crippen LogP contribution >= 0.6 is 0 Å². The SMILES string of the molecule is CCn1c(=O)c2c(ncn2Cc2ccc(C(C)(C)C)cc2)n(-c2cccc(OC)c2)c1=O. The number of nitrogens with zero attached hydrogens (tertiary/aromatic N) is 4. The summed E-state index contributed by atoms with van der Waals surface area (Å²) in [5.41, 5.74) is 2.95. The van der Waals surface area contributed by atoms with Crippen LogP contribution in [0.3, 0.4) is 0 Å². The standard InChI is InChI=1S/C25H28N4O3/c1-6-28-23(30)21-22(29(24(28)31)19-8-7-9-20(14-19)32-5)26-16-27(21)15-17-10-12-18(13-11-17)25(2,3)4/h7-14,16H,6,15H2,1-5H3. The first-order valence-electron chi connectivity index (χ1n) is 10.7. The van der Waals surface area contributed by atoms with E-state index in [0.717, 1.165) is 5.56 Å². The maximum absolute atomic E-state index is 13.2. The third kappa shape index (κ3) is 3.75. The van der Waals surface area contributed by atoms with Crippen molar-refractivity contribution in [1.29, 1.82) is 0 Å². The molecule has 4 rings (SSSR count). The Balaban J connectivity index is 1.88. The van der Waals surface area contributed by atoms with E-state index in [2.05, 4.69) is 50.0 Å². The first-order chi connectivity index (χ1) is 15.2. The number of methoxy groups -OCH3 is 1. The number of fused-ring (bicyclic) bond motifs is 1. The summed E-state index contributed by atoms with van der Waals surface area (Å²) in [4.78, 5) is 30.9. The molecule has 0 N–H and O–H groups in total. The van der Waals surface area contributed by atoms with Crippen molar-refractivity contribution in [2.45, 2.75) is 46.2 Å². The Morgan fingerprint density at radius 2 is 1.75 bits per heavy atom. The number of ether oxygens (including phenoxy) is 1. The monoisotopic (exact) mass is 432 g/mol. The molecule has 0 saturated heterocycles. The van der Waals surface area contributed by atoms with Crippen molar-refractivity contribution in [3.63, 3.8) is 0 Å². The van der Waals surface area contributed by atoms with E-state index < -0.39 is 5.69 Å². The quantitative estimate of drug-likeness (QED) is 0.482. The lowest BCUT2D eigenvalue weighted by molar-refractivity contribution is 0.414. The highest BCUT2D eigenvalue weighted by atomic mass is 16.5. The summed E-state index contributed by atoms with van der Waals surface area (Å²) in [5.74, 6) is 0.621. The molecule has 0 radical (unpaired) electrons. The first kappa shape index (κ1) is 21.6. The van der Waals surface area contributed by atoms with Crippen molar-refractivity contribution in [2.75, 3.05) is 7.11 Å². The van der Waals surface area contributed by atoms with Gasteiger partial charge in [-0.1, -0.05) is 51.1 Å². The van der Waals surface area contributed by atoms with Crippen LogP contribution in [-0.2, 0) is 18.5 Å². The van der Waals surface area contributed by atoms with E-state index in [1.165, 1.54) is 14.7 Å². The van der Waals surface area contributed by atoms with Crippen LogP contribution in [0.5, 0.6) is 5.75 Å². The van der Waals surface area contributed by atoms with Crippen LogP contribution in [-0.4, -0.2) is 25.8 Å². The minimum atomic E-state index is -0.418. The molecular formula is C25H28N4O3. The highest BCUT2D eigenvalue weighted by Crippen LogP contribution is 2.23. The van der Waals surface area contributed by atoms with Gasteiger partial charge in [-0.25, -0.2) is 14.3 Å². The summed E-state index contributed by atoms with van der Waals surface area (Å²) < 4.78 is 9.84. The molecule has 0 saturated carbocycles. The second-order valence-corrected chi connectivity index (χ2v) is 8.86. The zero-order valence-corrected chi connectivity index (χ0v) is 19.1. The molecule has 4 aromatic rings. The Bertz CT molecular complexity index is 1390. The van der Waals surface area contributed by atoms with E-state index in [4.69, 9.17) is 4.74 Å². The van der Waals surface area contributed by atoms with Gasteiger partial charge in [-0.15, -0.1) is 0 Å². The second kappa shape index (κ2) is 8.15. The van der Waals surface area contributed by atoms with Gasteiger partial charge in [-0.05, 0) is 35.6 Å². The molecule has 7 heteroatoms. The van der Waals surface area contributed by atoms with E-state index >= 15 is 0 Å². The second-order valence-electron chi connectivity index (χ2n) is 8.86. The molecule has 2 aromatic carbocycles. The highest BCUT2D eigenvalue weighted by Gasteiger charge is 2.19. The fourth-order valence-electron chi connectivity index (χ4n) is 3.87. The maximum atomic E-state index is 13.2. The normalized spacial score (nSPS) is 11.8. The molecule has 2 heterocycles. The third-order valence-electron chi connectivity index (χ3n) is 5.70. The minimum Gasteiger partial charge on any atom is -0.497 e. The predicted octanol–water partition coefficient (Wildman–Crippen LogP) is 3.72. The Morgan fingerprint density at radius 1 is 1.03 bits per heavy atom. The van der Waals surface area contributed by atoms with E-state index in [1.807, 2.05) is 10.6 Å². The van der Waals surface area contributed by atoms with Gasteiger partial charge >= 0.3 is 5.69 Å². The van der Waals surface area contributed by atoms with Gasteiger partial charge in [-0.3, -0.25) is 9.36 Å². The average molecular weight is 433 g/mol. The molecule has 0 unspecified atom stereocenters. The number of rotatable bonds is 5. The van der Waals surface area contributed by atoms with Crippen molar-refractivity contribution >= 4 is 11.2 Å². The van der Waals surface area contributed by atoms with E-state index in [-0.39, 0.29) is 17.5 Å². The molecule has 0 aliphatic rings. The molecule has 0 aliphatic carbocycles. The molecule has 0 amide bonds. The third-order valence-corrected chi connectivity index (χ3v) is 5.70. The fourth-order valence-corrected chi connectivity index (χ4v) is 3.87. The summed E-state index contributed by atoms with van der Waals surface area (Å²) in [7, 11) is 1.57. The summed E-state index contributed by atoms with van der Waals surface area (Å²) in [6, 6.07) is 15.6. The van der Waals surface area contributed by atoms with Gasteiger partial charge in [0.2, 0.25) is 0 Å². The summed E-state index contributed by atoms with van der Waals surface area (Å²) >= 11 is 0. The van der Waals surface area contributed by atoms with E-state index in [1.54, 1.807) is 38.6 Å². The largest absolute Gasteiger partial charge is 0.497 e. The highest BCUT2D eigenvalue weighted by molar-refractivity contribution is 5.72. The topological polar surface area (TPSA) is 71.1 Å². The minimum absolute atomic E-state index is 0.0713. The van der Waals surface area contributed by atoms with Gasteiger partial charge in [0.15, 0.2) is 11.2 Å². The lowest BCUT2D eigenvalue weighted by Gasteiger charge is -2.19. The Morgan fingerprint density at radius 3 is 2.38 bits per heavy atom. The zero-order valence-electron chi connectivity index (χ0n) is 19.1. The molecule has 0 atom stereocenters. The summed E-state index contributed by atoms with van der Waals surface area (Å²) in [5, 5.41) is 0. The molecule has 0 fully saturated rings. The van der Waals surface area contributed by atoms with Crippen LogP contribution < -0.4 is 16.0 Å². The number of aromatic nitrogens is 4.